The molecule has 88 heavy (non-hydrogen) atoms. The average Bonchev–Trinajstić information content (AvgIpc) is 3.70. The van der Waals surface area contributed by atoms with Crippen LogP contribution in [-0.4, -0.2) is 68.5 Å². The number of carbonyl (C=O) groups is 1. The van der Waals surface area contributed by atoms with Crippen LogP contribution in [0.25, 0.3) is 0 Å². The van der Waals surface area contributed by atoms with Gasteiger partial charge in [-0.3, -0.25) is 9.36 Å². The van der Waals surface area contributed by atoms with E-state index in [1.165, 1.54) is 308 Å². The molecule has 520 valence electrons. The Labute approximate surface area is 549 Å². The maximum atomic E-state index is 13.1. The van der Waals surface area contributed by atoms with Crippen LogP contribution in [0.3, 0.4) is 0 Å². The molecule has 8 nitrogen and oxygen atoms in total. The third-order valence-corrected chi connectivity index (χ3v) is 19.0. The molecule has 0 rings (SSSR count). The van der Waals surface area contributed by atoms with Gasteiger partial charge in [0.05, 0.1) is 39.9 Å². The van der Waals surface area contributed by atoms with Gasteiger partial charge >= 0.3 is 0 Å². The van der Waals surface area contributed by atoms with E-state index < -0.39 is 20.0 Å². The van der Waals surface area contributed by atoms with Crippen molar-refractivity contribution < 1.29 is 32.9 Å². The number of hydrogen-bond acceptors (Lipinski definition) is 6. The number of aliphatic hydroxyl groups is 1. The Balaban J connectivity index is 3.90. The lowest BCUT2D eigenvalue weighted by Crippen LogP contribution is -2.46. The summed E-state index contributed by atoms with van der Waals surface area (Å²) in [5.74, 6) is -0.155. The molecule has 0 saturated heterocycles. The topological polar surface area (TPSA) is 108 Å². The highest BCUT2D eigenvalue weighted by Crippen LogP contribution is 2.38. The quantitative estimate of drug-likeness (QED) is 0.0272. The highest BCUT2D eigenvalue weighted by Gasteiger charge is 2.24. The van der Waals surface area contributed by atoms with Crippen molar-refractivity contribution in [1.29, 1.82) is 0 Å². The number of nitrogens with zero attached hydrogens (tertiary/aromatic N) is 1. The summed E-state index contributed by atoms with van der Waals surface area (Å²) >= 11 is 0. The van der Waals surface area contributed by atoms with Gasteiger partial charge in [-0.1, -0.05) is 390 Å². The second kappa shape index (κ2) is 69.8. The van der Waals surface area contributed by atoms with Gasteiger partial charge in [0, 0.05) is 6.42 Å². The van der Waals surface area contributed by atoms with E-state index in [1.54, 1.807) is 0 Å². The normalized spacial score (nSPS) is 13.8. The molecule has 0 aromatic carbocycles. The Bertz CT molecular complexity index is 1580. The van der Waals surface area contributed by atoms with E-state index >= 15 is 0 Å². The zero-order valence-corrected chi connectivity index (χ0v) is 60.6. The molecule has 0 radical (unpaired) electrons. The molecule has 3 atom stereocenters. The molecule has 0 aliphatic rings. The second-order valence-electron chi connectivity index (χ2n) is 28.0. The molecular formula is C79H153N2O6P. The number of allylic oxidation sites excluding steroid dienone is 8. The van der Waals surface area contributed by atoms with Crippen LogP contribution in [0.4, 0.5) is 0 Å². The lowest BCUT2D eigenvalue weighted by Gasteiger charge is -2.30. The van der Waals surface area contributed by atoms with Crippen LogP contribution >= 0.6 is 7.82 Å². The number of rotatable bonds is 73. The molecular weight excluding hydrogens is 1100 g/mol. The van der Waals surface area contributed by atoms with E-state index in [-0.39, 0.29) is 19.1 Å². The molecule has 0 aromatic heterocycles. The molecule has 0 aromatic rings. The van der Waals surface area contributed by atoms with Crippen molar-refractivity contribution in [3.8, 4) is 0 Å². The SMILES string of the molecule is CC/C=C\C/C=C\C/C=C\C/C=C\CCCCCCCCCCCCCCCCCCCCCCCCCCCCC(=O)NC(COP(=O)([O-])OCC[N+](C)(C)C)C(O)CCCCCCCCCCCCCCCCCCCCCCCCCCCCC. The van der Waals surface area contributed by atoms with Crippen LogP contribution in [0, 0.1) is 0 Å². The summed E-state index contributed by atoms with van der Waals surface area (Å²) in [6, 6.07) is -0.801. The largest absolute Gasteiger partial charge is 0.756 e. The maximum Gasteiger partial charge on any atom is 0.268 e. The van der Waals surface area contributed by atoms with E-state index in [0.29, 0.717) is 23.9 Å². The Morgan fingerprint density at radius 1 is 0.409 bits per heavy atom. The molecule has 3 unspecified atom stereocenters. The van der Waals surface area contributed by atoms with Crippen molar-refractivity contribution in [2.75, 3.05) is 40.9 Å². The van der Waals surface area contributed by atoms with Crippen LogP contribution in [-0.2, 0) is 18.4 Å². The second-order valence-corrected chi connectivity index (χ2v) is 29.5. The van der Waals surface area contributed by atoms with Crippen molar-refractivity contribution in [1.82, 2.24) is 5.32 Å². The van der Waals surface area contributed by atoms with Gasteiger partial charge in [-0.25, -0.2) is 0 Å². The zero-order chi connectivity index (χ0) is 64.1. The summed E-state index contributed by atoms with van der Waals surface area (Å²) in [5.41, 5.74) is 0. The van der Waals surface area contributed by atoms with Gasteiger partial charge in [-0.15, -0.1) is 0 Å². The summed E-state index contributed by atoms with van der Waals surface area (Å²) in [6.07, 6.45) is 95.1. The maximum absolute atomic E-state index is 13.1. The Kier molecular flexibility index (Phi) is 68.6. The van der Waals surface area contributed by atoms with Crippen molar-refractivity contribution in [3.05, 3.63) is 48.6 Å². The summed E-state index contributed by atoms with van der Waals surface area (Å²) in [6.45, 7) is 4.67. The number of nitrogens with one attached hydrogen (secondary N) is 1. The predicted molar refractivity (Wildman–Crippen MR) is 385 cm³/mol. The fourth-order valence-corrected chi connectivity index (χ4v) is 12.8. The molecule has 1 amide bonds. The Morgan fingerprint density at radius 2 is 0.693 bits per heavy atom. The number of carbonyl (C=O) groups excluding carboxylic acids is 1. The molecule has 0 heterocycles. The van der Waals surface area contributed by atoms with Gasteiger partial charge in [-0.2, -0.15) is 0 Å². The number of phosphoric acid groups is 1. The molecule has 0 aliphatic carbocycles. The summed E-state index contributed by atoms with van der Waals surface area (Å²) < 4.78 is 23.6. The lowest BCUT2D eigenvalue weighted by molar-refractivity contribution is -0.870. The lowest BCUT2D eigenvalue weighted by atomic mass is 10.0. The first kappa shape index (κ1) is 86.5. The van der Waals surface area contributed by atoms with Crippen LogP contribution in [0.15, 0.2) is 48.6 Å². The van der Waals surface area contributed by atoms with Gasteiger partial charge in [0.15, 0.2) is 0 Å². The van der Waals surface area contributed by atoms with Crippen LogP contribution in [0.1, 0.15) is 399 Å². The number of hydrogen-bond donors (Lipinski definition) is 2. The van der Waals surface area contributed by atoms with Crippen molar-refractivity contribution in [2.24, 2.45) is 0 Å². The average molecular weight is 1260 g/mol. The number of aliphatic hydroxyl groups excluding tert-OH is 1. The molecule has 0 fully saturated rings. The number of amides is 1. The highest BCUT2D eigenvalue weighted by atomic mass is 31.2. The summed E-state index contributed by atoms with van der Waals surface area (Å²) in [5, 5.41) is 14.1. The number of likely N-dealkylation sites (N-methyl/N-ethyl adjacent to an activating group) is 1. The van der Waals surface area contributed by atoms with Gasteiger partial charge in [0.2, 0.25) is 5.91 Å². The third-order valence-electron chi connectivity index (χ3n) is 18.1. The van der Waals surface area contributed by atoms with E-state index in [2.05, 4.69) is 67.8 Å². The summed E-state index contributed by atoms with van der Waals surface area (Å²) in [4.78, 5) is 25.7. The van der Waals surface area contributed by atoms with Crippen LogP contribution < -0.4 is 10.2 Å². The number of unbranched alkanes of at least 4 members (excludes halogenated alkanes) is 52. The zero-order valence-electron chi connectivity index (χ0n) is 59.7. The first-order valence-electron chi connectivity index (χ1n) is 39.0. The summed E-state index contributed by atoms with van der Waals surface area (Å²) in [7, 11) is 1.33. The molecule has 0 aliphatic heterocycles. The minimum atomic E-state index is -4.58. The minimum absolute atomic E-state index is 0.0148. The van der Waals surface area contributed by atoms with Crippen LogP contribution in [0.5, 0.6) is 0 Å². The first-order valence-corrected chi connectivity index (χ1v) is 40.4. The molecule has 0 bridgehead atoms. The van der Waals surface area contributed by atoms with Crippen molar-refractivity contribution >= 4 is 13.7 Å². The van der Waals surface area contributed by atoms with Gasteiger partial charge in [-0.05, 0) is 51.4 Å². The van der Waals surface area contributed by atoms with Gasteiger partial charge < -0.3 is 28.8 Å². The molecule has 9 heteroatoms. The monoisotopic (exact) mass is 1260 g/mol. The highest BCUT2D eigenvalue weighted by molar-refractivity contribution is 7.45. The minimum Gasteiger partial charge on any atom is -0.756 e. The number of phosphoric ester groups is 1. The van der Waals surface area contributed by atoms with Crippen molar-refractivity contribution in [3.63, 3.8) is 0 Å². The molecule has 2 N–H and O–H groups in total. The third kappa shape index (κ3) is 71.9. The van der Waals surface area contributed by atoms with E-state index in [1.807, 2.05) is 21.1 Å². The smallest absolute Gasteiger partial charge is 0.268 e. The number of quaternary nitrogens is 1. The first-order chi connectivity index (χ1) is 43.0. The predicted octanol–water partition coefficient (Wildman–Crippen LogP) is 24.7. The van der Waals surface area contributed by atoms with Gasteiger partial charge in [0.25, 0.3) is 7.82 Å². The molecule has 0 saturated carbocycles. The van der Waals surface area contributed by atoms with E-state index in [4.69, 9.17) is 9.05 Å². The standard InChI is InChI=1S/C79H153N2O6P/c1-6-8-10-12-14-16-18-20-22-24-26-28-30-32-34-35-36-37-38-39-40-41-42-43-44-45-47-49-51-53-55-57-59-61-63-65-67-69-71-73-79(83)80-77(76-87-88(84,85)86-75-74-81(3,4)5)78(82)72-70-68-66-64-62-60-58-56-54-52-50-48-46-33-31-29-27-25-23-21-19-17-15-13-11-9-7-2/h8,10,14,16,20,22,26,28,77-78,82H,6-7,9,11-13,15,17-19,21,23-25,27,29-76H2,1-5H3,(H-,80,83,84,85)/b10-8-,16-14-,22-20-,28-26-. The Hall–Kier alpha value is -1.54. The van der Waals surface area contributed by atoms with Crippen molar-refractivity contribution in [2.45, 2.75) is 411 Å². The fourth-order valence-electron chi connectivity index (χ4n) is 12.1. The van der Waals surface area contributed by atoms with E-state index in [0.717, 1.165) is 64.2 Å². The fraction of sp³-hybridized carbons (Fsp3) is 0.886. The van der Waals surface area contributed by atoms with Crippen LogP contribution in [0.2, 0.25) is 0 Å². The Morgan fingerprint density at radius 3 is 1.01 bits per heavy atom. The van der Waals surface area contributed by atoms with Gasteiger partial charge in [0.1, 0.15) is 13.2 Å². The van der Waals surface area contributed by atoms with E-state index in [9.17, 15) is 19.4 Å². The molecule has 0 spiro atoms.